The third-order valence-electron chi connectivity index (χ3n) is 2.63. The molecule has 2 rings (SSSR count). The van der Waals surface area contributed by atoms with Crippen molar-refractivity contribution in [3.63, 3.8) is 0 Å². The summed E-state index contributed by atoms with van der Waals surface area (Å²) in [6.07, 6.45) is 5.31. The SMILES string of the molecule is CCc1nc(NCc2ccncc2)ncc1C(=O)O. The van der Waals surface area contributed by atoms with Crippen LogP contribution in [0.3, 0.4) is 0 Å². The van der Waals surface area contributed by atoms with Crippen molar-refractivity contribution in [2.45, 2.75) is 19.9 Å². The summed E-state index contributed by atoms with van der Waals surface area (Å²) >= 11 is 0. The smallest absolute Gasteiger partial charge is 0.339 e. The number of rotatable bonds is 5. The largest absolute Gasteiger partial charge is 0.478 e. The lowest BCUT2D eigenvalue weighted by atomic mass is 10.2. The van der Waals surface area contributed by atoms with Gasteiger partial charge in [-0.15, -0.1) is 0 Å². The van der Waals surface area contributed by atoms with Crippen molar-refractivity contribution in [1.82, 2.24) is 15.0 Å². The molecule has 0 unspecified atom stereocenters. The molecule has 0 bridgehead atoms. The minimum absolute atomic E-state index is 0.150. The number of carboxylic acids is 1. The van der Waals surface area contributed by atoms with Crippen LogP contribution in [-0.2, 0) is 13.0 Å². The van der Waals surface area contributed by atoms with Crippen molar-refractivity contribution in [2.75, 3.05) is 5.32 Å². The van der Waals surface area contributed by atoms with Crippen LogP contribution in [0.2, 0.25) is 0 Å². The molecule has 0 aliphatic rings. The van der Waals surface area contributed by atoms with Gasteiger partial charge in [-0.05, 0) is 24.1 Å². The fraction of sp³-hybridized carbons (Fsp3) is 0.231. The molecule has 0 amide bonds. The van der Waals surface area contributed by atoms with Crippen LogP contribution in [0.1, 0.15) is 28.5 Å². The molecule has 98 valence electrons. The number of pyridine rings is 1. The van der Waals surface area contributed by atoms with Gasteiger partial charge in [-0.2, -0.15) is 0 Å². The fourth-order valence-electron chi connectivity index (χ4n) is 1.63. The molecule has 0 saturated heterocycles. The maximum atomic E-state index is 11.0. The van der Waals surface area contributed by atoms with Crippen molar-refractivity contribution < 1.29 is 9.90 Å². The second kappa shape index (κ2) is 5.90. The van der Waals surface area contributed by atoms with Crippen LogP contribution in [0, 0.1) is 0 Å². The molecule has 0 aromatic carbocycles. The van der Waals surface area contributed by atoms with Gasteiger partial charge in [-0.1, -0.05) is 6.92 Å². The van der Waals surface area contributed by atoms with Crippen LogP contribution in [0.15, 0.2) is 30.7 Å². The highest BCUT2D eigenvalue weighted by molar-refractivity contribution is 5.88. The molecule has 0 aliphatic carbocycles. The van der Waals surface area contributed by atoms with Gasteiger partial charge >= 0.3 is 5.97 Å². The number of aromatic nitrogens is 3. The lowest BCUT2D eigenvalue weighted by Crippen LogP contribution is -2.10. The number of nitrogens with zero attached hydrogens (tertiary/aromatic N) is 3. The monoisotopic (exact) mass is 258 g/mol. The Morgan fingerprint density at radius 1 is 1.37 bits per heavy atom. The van der Waals surface area contributed by atoms with E-state index in [2.05, 4.69) is 20.3 Å². The van der Waals surface area contributed by atoms with E-state index >= 15 is 0 Å². The van der Waals surface area contributed by atoms with Crippen molar-refractivity contribution in [1.29, 1.82) is 0 Å². The lowest BCUT2D eigenvalue weighted by molar-refractivity contribution is 0.0694. The highest BCUT2D eigenvalue weighted by Crippen LogP contribution is 2.10. The van der Waals surface area contributed by atoms with Crippen molar-refractivity contribution in [2.24, 2.45) is 0 Å². The summed E-state index contributed by atoms with van der Waals surface area (Å²) < 4.78 is 0. The Morgan fingerprint density at radius 2 is 2.11 bits per heavy atom. The predicted octanol–water partition coefficient (Wildman–Crippen LogP) is 1.74. The number of carbonyl (C=O) groups is 1. The summed E-state index contributed by atoms with van der Waals surface area (Å²) in [5.41, 5.74) is 1.73. The number of anilines is 1. The van der Waals surface area contributed by atoms with E-state index in [1.807, 2.05) is 19.1 Å². The first kappa shape index (κ1) is 12.9. The second-order valence-corrected chi connectivity index (χ2v) is 3.92. The topological polar surface area (TPSA) is 88.0 Å². The van der Waals surface area contributed by atoms with Crippen LogP contribution in [0.25, 0.3) is 0 Å². The maximum absolute atomic E-state index is 11.0. The summed E-state index contributed by atoms with van der Waals surface area (Å²) in [5, 5.41) is 12.0. The van der Waals surface area contributed by atoms with E-state index in [1.165, 1.54) is 6.20 Å². The summed E-state index contributed by atoms with van der Waals surface area (Å²) in [6, 6.07) is 3.78. The molecule has 0 aliphatic heterocycles. The highest BCUT2D eigenvalue weighted by atomic mass is 16.4. The molecule has 6 nitrogen and oxygen atoms in total. The molecule has 2 heterocycles. The number of aromatic carboxylic acids is 1. The zero-order valence-electron chi connectivity index (χ0n) is 10.5. The Labute approximate surface area is 110 Å². The van der Waals surface area contributed by atoms with Crippen LogP contribution >= 0.6 is 0 Å². The number of carboxylic acid groups (broad SMARTS) is 1. The second-order valence-electron chi connectivity index (χ2n) is 3.92. The maximum Gasteiger partial charge on any atom is 0.339 e. The van der Waals surface area contributed by atoms with Crippen molar-refractivity contribution in [3.05, 3.63) is 47.5 Å². The summed E-state index contributed by atoms with van der Waals surface area (Å²) in [7, 11) is 0. The van der Waals surface area contributed by atoms with Crippen molar-refractivity contribution >= 4 is 11.9 Å². The van der Waals surface area contributed by atoms with E-state index in [0.717, 1.165) is 5.56 Å². The van der Waals surface area contributed by atoms with Gasteiger partial charge in [0, 0.05) is 25.1 Å². The molecular formula is C13H14N4O2. The number of hydrogen-bond donors (Lipinski definition) is 2. The molecule has 0 spiro atoms. The van der Waals surface area contributed by atoms with Gasteiger partial charge in [0.05, 0.1) is 11.3 Å². The molecule has 0 fully saturated rings. The van der Waals surface area contributed by atoms with Crippen LogP contribution in [-0.4, -0.2) is 26.0 Å². The van der Waals surface area contributed by atoms with Gasteiger partial charge in [-0.3, -0.25) is 4.98 Å². The molecule has 0 radical (unpaired) electrons. The van der Waals surface area contributed by atoms with Gasteiger partial charge in [0.15, 0.2) is 0 Å². The first-order valence-corrected chi connectivity index (χ1v) is 5.92. The first-order valence-electron chi connectivity index (χ1n) is 5.92. The Hall–Kier alpha value is -2.50. The van der Waals surface area contributed by atoms with Gasteiger partial charge in [0.1, 0.15) is 0 Å². The number of aryl methyl sites for hydroxylation is 1. The third-order valence-corrected chi connectivity index (χ3v) is 2.63. The average molecular weight is 258 g/mol. The van der Waals surface area contributed by atoms with Gasteiger partial charge in [-0.25, -0.2) is 14.8 Å². The lowest BCUT2D eigenvalue weighted by Gasteiger charge is -2.07. The summed E-state index contributed by atoms with van der Waals surface area (Å²) in [5.74, 6) is -0.573. The standard InChI is InChI=1S/C13H14N4O2/c1-2-11-10(12(18)19)8-16-13(17-11)15-7-9-3-5-14-6-4-9/h3-6,8H,2,7H2,1H3,(H,18,19)(H,15,16,17). The number of nitrogens with one attached hydrogen (secondary N) is 1. The zero-order valence-corrected chi connectivity index (χ0v) is 10.5. The van der Waals surface area contributed by atoms with Crippen LogP contribution < -0.4 is 5.32 Å². The molecule has 2 aromatic rings. The van der Waals surface area contributed by atoms with Crippen LogP contribution in [0.4, 0.5) is 5.95 Å². The van der Waals surface area contributed by atoms with E-state index in [1.54, 1.807) is 12.4 Å². The fourth-order valence-corrected chi connectivity index (χ4v) is 1.63. The molecule has 2 aromatic heterocycles. The van der Waals surface area contributed by atoms with E-state index in [-0.39, 0.29) is 5.56 Å². The molecule has 19 heavy (non-hydrogen) atoms. The quantitative estimate of drug-likeness (QED) is 0.849. The number of hydrogen-bond acceptors (Lipinski definition) is 5. The molecule has 2 N–H and O–H groups in total. The van der Waals surface area contributed by atoms with Crippen molar-refractivity contribution in [3.8, 4) is 0 Å². The van der Waals surface area contributed by atoms with E-state index in [4.69, 9.17) is 5.11 Å². The first-order chi connectivity index (χ1) is 9.20. The minimum atomic E-state index is -1.00. The Bertz CT molecular complexity index is 572. The molecule has 0 atom stereocenters. The normalized spacial score (nSPS) is 10.2. The summed E-state index contributed by atoms with van der Waals surface area (Å²) in [4.78, 5) is 23.1. The average Bonchev–Trinajstić information content (AvgIpc) is 2.45. The minimum Gasteiger partial charge on any atom is -0.478 e. The predicted molar refractivity (Wildman–Crippen MR) is 69.9 cm³/mol. The van der Waals surface area contributed by atoms with Crippen LogP contribution in [0.5, 0.6) is 0 Å². The van der Waals surface area contributed by atoms with E-state index in [9.17, 15) is 4.79 Å². The summed E-state index contributed by atoms with van der Waals surface area (Å²) in [6.45, 7) is 2.43. The molecule has 0 saturated carbocycles. The van der Waals surface area contributed by atoms with Gasteiger partial charge in [0.2, 0.25) is 5.95 Å². The Balaban J connectivity index is 2.11. The van der Waals surface area contributed by atoms with E-state index < -0.39 is 5.97 Å². The third kappa shape index (κ3) is 3.25. The highest BCUT2D eigenvalue weighted by Gasteiger charge is 2.11. The Kier molecular flexibility index (Phi) is 4.02. The van der Waals surface area contributed by atoms with E-state index in [0.29, 0.717) is 24.6 Å². The van der Waals surface area contributed by atoms with Gasteiger partial charge in [0.25, 0.3) is 0 Å². The van der Waals surface area contributed by atoms with Gasteiger partial charge < -0.3 is 10.4 Å². The molecule has 6 heteroatoms. The molecular weight excluding hydrogens is 244 g/mol. The zero-order chi connectivity index (χ0) is 13.7. The Morgan fingerprint density at radius 3 is 2.74 bits per heavy atom.